The Balaban J connectivity index is 0.00000222. The molecule has 0 radical (unpaired) electrons. The van der Waals surface area contributed by atoms with Gasteiger partial charge in [0.05, 0.1) is 0 Å². The molecule has 0 saturated carbocycles. The van der Waals surface area contributed by atoms with Crippen molar-refractivity contribution in [1.82, 2.24) is 5.32 Å². The lowest BCUT2D eigenvalue weighted by molar-refractivity contribution is -0.250. The molecule has 7 heteroatoms. The molecule has 2 aromatic carbocycles. The van der Waals surface area contributed by atoms with E-state index >= 15 is 0 Å². The number of carbonyl (C=O) groups excluding carboxylic acids is 3. The summed E-state index contributed by atoms with van der Waals surface area (Å²) in [5, 5.41) is 2.83. The zero-order chi connectivity index (χ0) is 27.1. The van der Waals surface area contributed by atoms with E-state index in [9.17, 15) is 14.4 Å². The van der Waals surface area contributed by atoms with Gasteiger partial charge in [-0.1, -0.05) is 68.4 Å². The Hall–Kier alpha value is -3.35. The number of hydrogen-bond acceptors (Lipinski definition) is 6. The van der Waals surface area contributed by atoms with Crippen molar-refractivity contribution in [3.8, 4) is 11.1 Å². The van der Waals surface area contributed by atoms with Crippen molar-refractivity contribution in [2.24, 2.45) is 5.41 Å². The fourth-order valence-corrected chi connectivity index (χ4v) is 3.83. The Labute approximate surface area is 214 Å². The molecule has 0 unspecified atom stereocenters. The highest BCUT2D eigenvalue weighted by atomic mass is 16.7. The second-order valence-corrected chi connectivity index (χ2v) is 10.3. The SMILES string of the molecule is CC.CC(C)(C)OC(=O)N[C@H](Cc1ccc(-c2ccccc2)cc1)CC1(C)C(=O)OC(C)(C)OC1=O. The minimum atomic E-state index is -1.56. The van der Waals surface area contributed by atoms with Crippen molar-refractivity contribution in [1.29, 1.82) is 0 Å². The van der Waals surface area contributed by atoms with Gasteiger partial charge in [0.25, 0.3) is 5.79 Å². The van der Waals surface area contributed by atoms with Gasteiger partial charge in [-0.15, -0.1) is 0 Å². The van der Waals surface area contributed by atoms with E-state index in [1.807, 2.05) is 68.4 Å². The fourth-order valence-electron chi connectivity index (χ4n) is 3.83. The van der Waals surface area contributed by atoms with Crippen LogP contribution in [0.2, 0.25) is 0 Å². The van der Waals surface area contributed by atoms with Gasteiger partial charge in [0, 0.05) is 19.9 Å². The highest BCUT2D eigenvalue weighted by Gasteiger charge is 2.53. The predicted molar refractivity (Wildman–Crippen MR) is 139 cm³/mol. The summed E-state index contributed by atoms with van der Waals surface area (Å²) in [4.78, 5) is 38.1. The van der Waals surface area contributed by atoms with Crippen molar-refractivity contribution < 1.29 is 28.6 Å². The molecule has 1 aliphatic heterocycles. The average molecular weight is 498 g/mol. The zero-order valence-corrected chi connectivity index (χ0v) is 22.6. The maximum atomic E-state index is 12.8. The lowest BCUT2D eigenvalue weighted by Crippen LogP contribution is -2.55. The lowest BCUT2D eigenvalue weighted by atomic mass is 9.81. The van der Waals surface area contributed by atoms with Crippen molar-refractivity contribution in [3.63, 3.8) is 0 Å². The summed E-state index contributed by atoms with van der Waals surface area (Å²) in [6, 6.07) is 17.4. The van der Waals surface area contributed by atoms with E-state index in [-0.39, 0.29) is 6.42 Å². The maximum Gasteiger partial charge on any atom is 0.407 e. The van der Waals surface area contributed by atoms with Gasteiger partial charge < -0.3 is 19.5 Å². The van der Waals surface area contributed by atoms with Gasteiger partial charge in [-0.05, 0) is 57.2 Å². The highest BCUT2D eigenvalue weighted by molar-refractivity contribution is 6.01. The van der Waals surface area contributed by atoms with Crippen LogP contribution in [0.4, 0.5) is 4.79 Å². The van der Waals surface area contributed by atoms with Crippen molar-refractivity contribution in [3.05, 3.63) is 60.2 Å². The lowest BCUT2D eigenvalue weighted by Gasteiger charge is -2.39. The van der Waals surface area contributed by atoms with E-state index in [1.165, 1.54) is 20.8 Å². The van der Waals surface area contributed by atoms with E-state index in [0.717, 1.165) is 16.7 Å². The molecule has 0 spiro atoms. The van der Waals surface area contributed by atoms with E-state index in [0.29, 0.717) is 6.42 Å². The van der Waals surface area contributed by atoms with Gasteiger partial charge in [-0.3, -0.25) is 9.59 Å². The number of hydrogen-bond donors (Lipinski definition) is 1. The molecule has 1 atom stereocenters. The second-order valence-electron chi connectivity index (χ2n) is 10.3. The monoisotopic (exact) mass is 497 g/mol. The normalized spacial score (nSPS) is 17.0. The third-order valence-electron chi connectivity index (χ3n) is 5.50. The number of cyclic esters (lactones) is 2. The molecule has 1 amide bonds. The van der Waals surface area contributed by atoms with E-state index < -0.39 is 40.9 Å². The molecule has 1 N–H and O–H groups in total. The molecule has 1 saturated heterocycles. The summed E-state index contributed by atoms with van der Waals surface area (Å²) in [6.45, 7) is 13.8. The Morgan fingerprint density at radius 2 is 1.39 bits per heavy atom. The summed E-state index contributed by atoms with van der Waals surface area (Å²) in [5.74, 6) is -2.68. The van der Waals surface area contributed by atoms with E-state index in [2.05, 4.69) is 5.32 Å². The molecule has 2 aromatic rings. The number of amides is 1. The first-order valence-corrected chi connectivity index (χ1v) is 12.4. The summed E-state index contributed by atoms with van der Waals surface area (Å²) in [6.07, 6.45) is -0.242. The summed E-state index contributed by atoms with van der Waals surface area (Å²) in [7, 11) is 0. The Bertz CT molecular complexity index is 1020. The number of rotatable bonds is 6. The molecule has 36 heavy (non-hydrogen) atoms. The molecule has 1 aliphatic rings. The number of esters is 2. The third-order valence-corrected chi connectivity index (χ3v) is 5.50. The largest absolute Gasteiger partial charge is 0.444 e. The molecule has 0 aromatic heterocycles. The summed E-state index contributed by atoms with van der Waals surface area (Å²) >= 11 is 0. The van der Waals surface area contributed by atoms with Crippen LogP contribution in [0.5, 0.6) is 0 Å². The van der Waals surface area contributed by atoms with Crippen LogP contribution < -0.4 is 5.32 Å². The Morgan fingerprint density at radius 1 is 0.889 bits per heavy atom. The van der Waals surface area contributed by atoms with Gasteiger partial charge >= 0.3 is 18.0 Å². The summed E-state index contributed by atoms with van der Waals surface area (Å²) in [5.41, 5.74) is 0.846. The molecule has 7 nitrogen and oxygen atoms in total. The molecular weight excluding hydrogens is 458 g/mol. The summed E-state index contributed by atoms with van der Waals surface area (Å²) < 4.78 is 16.1. The van der Waals surface area contributed by atoms with Gasteiger partial charge in [0.15, 0.2) is 5.41 Å². The van der Waals surface area contributed by atoms with Crippen LogP contribution in [0.1, 0.15) is 67.4 Å². The minimum Gasteiger partial charge on any atom is -0.444 e. The third kappa shape index (κ3) is 7.83. The number of nitrogens with one attached hydrogen (secondary N) is 1. The molecular formula is C29H39NO6. The Kier molecular flexibility index (Phi) is 9.30. The highest BCUT2D eigenvalue weighted by Crippen LogP contribution is 2.36. The van der Waals surface area contributed by atoms with Gasteiger partial charge in [-0.2, -0.15) is 0 Å². The fraction of sp³-hybridized carbons (Fsp3) is 0.483. The number of ether oxygens (including phenoxy) is 3. The van der Waals surface area contributed by atoms with Crippen LogP contribution in [0.3, 0.4) is 0 Å². The van der Waals surface area contributed by atoms with Gasteiger partial charge in [-0.25, -0.2) is 4.79 Å². The first kappa shape index (κ1) is 28.9. The van der Waals surface area contributed by atoms with Crippen LogP contribution in [0.25, 0.3) is 11.1 Å². The molecule has 1 heterocycles. The predicted octanol–water partition coefficient (Wildman–Crippen LogP) is 6.05. The maximum absolute atomic E-state index is 12.8. The Morgan fingerprint density at radius 3 is 1.89 bits per heavy atom. The van der Waals surface area contributed by atoms with Crippen LogP contribution in [-0.2, 0) is 30.2 Å². The molecule has 0 aliphatic carbocycles. The topological polar surface area (TPSA) is 90.9 Å². The molecule has 3 rings (SSSR count). The molecule has 1 fully saturated rings. The number of alkyl carbamates (subject to hydrolysis) is 1. The first-order chi connectivity index (χ1) is 16.8. The van der Waals surface area contributed by atoms with E-state index in [1.54, 1.807) is 20.8 Å². The first-order valence-electron chi connectivity index (χ1n) is 12.4. The van der Waals surface area contributed by atoms with Crippen LogP contribution >= 0.6 is 0 Å². The molecule has 196 valence electrons. The standard InChI is InChI=1S/C27H33NO6.C2H6/c1-25(2,3)34-24(31)28-21(17-27(6)22(29)32-26(4,5)33-23(27)30)16-18-12-14-20(15-13-18)19-10-8-7-9-11-19;1-2/h7-15,21H,16-17H2,1-6H3,(H,28,31);1-2H3/t21-;/m1./s1. The van der Waals surface area contributed by atoms with Gasteiger partial charge in [0.2, 0.25) is 0 Å². The van der Waals surface area contributed by atoms with E-state index in [4.69, 9.17) is 14.2 Å². The van der Waals surface area contributed by atoms with Crippen LogP contribution in [0.15, 0.2) is 54.6 Å². The quantitative estimate of drug-likeness (QED) is 0.386. The second kappa shape index (κ2) is 11.6. The average Bonchev–Trinajstić information content (AvgIpc) is 2.78. The van der Waals surface area contributed by atoms with Crippen LogP contribution in [0, 0.1) is 5.41 Å². The van der Waals surface area contributed by atoms with Gasteiger partial charge in [0.1, 0.15) is 5.60 Å². The minimum absolute atomic E-state index is 0.000423. The molecule has 0 bridgehead atoms. The van der Waals surface area contributed by atoms with Crippen molar-refractivity contribution >= 4 is 18.0 Å². The zero-order valence-electron chi connectivity index (χ0n) is 22.6. The van der Waals surface area contributed by atoms with Crippen molar-refractivity contribution in [2.75, 3.05) is 0 Å². The number of carbonyl (C=O) groups is 3. The smallest absolute Gasteiger partial charge is 0.407 e. The van der Waals surface area contributed by atoms with Crippen LogP contribution in [-0.4, -0.2) is 35.5 Å². The number of benzene rings is 2. The van der Waals surface area contributed by atoms with Crippen molar-refractivity contribution in [2.45, 2.75) is 85.7 Å².